The van der Waals surface area contributed by atoms with Crippen molar-refractivity contribution in [2.75, 3.05) is 6.61 Å². The number of carbonyl (C=O) groups excluding carboxylic acids is 1. The number of aliphatic carboxylic acids is 1. The van der Waals surface area contributed by atoms with Crippen LogP contribution in [0.4, 0.5) is 0 Å². The van der Waals surface area contributed by atoms with Crippen molar-refractivity contribution in [2.24, 2.45) is 0 Å². The van der Waals surface area contributed by atoms with Crippen LogP contribution in [0.1, 0.15) is 6.92 Å². The van der Waals surface area contributed by atoms with Gasteiger partial charge in [-0.15, -0.1) is 0 Å². The van der Waals surface area contributed by atoms with E-state index in [-0.39, 0.29) is 29.7 Å². The highest BCUT2D eigenvalue weighted by molar-refractivity contribution is 5.90. The molecule has 0 aromatic rings. The number of esters is 1. The summed E-state index contributed by atoms with van der Waals surface area (Å²) >= 11 is 0. The fourth-order valence-corrected chi connectivity index (χ4v) is 0.330. The molecule has 0 bridgehead atoms. The number of hydrogen-bond acceptors (Lipinski definition) is 3. The number of carboxylic acid groups (broad SMARTS) is 1. The van der Waals surface area contributed by atoms with E-state index in [1.807, 2.05) is 0 Å². The highest BCUT2D eigenvalue weighted by Gasteiger charge is 1.94. The SMILES string of the molecule is CCOC(=O)C=CC(=O)O.[MgH2]. The molecule has 0 spiro atoms. The van der Waals surface area contributed by atoms with Crippen molar-refractivity contribution in [1.82, 2.24) is 0 Å². The van der Waals surface area contributed by atoms with Crippen LogP contribution in [0.3, 0.4) is 0 Å². The zero-order valence-electron chi connectivity index (χ0n) is 5.53. The molecule has 0 aliphatic rings. The van der Waals surface area contributed by atoms with Crippen LogP contribution >= 0.6 is 0 Å². The second kappa shape index (κ2) is 7.55. The van der Waals surface area contributed by atoms with Crippen LogP contribution < -0.4 is 0 Å². The smallest absolute Gasteiger partial charge is 0.330 e. The molecule has 0 atom stereocenters. The minimum absolute atomic E-state index is 0. The van der Waals surface area contributed by atoms with Crippen molar-refractivity contribution in [3.05, 3.63) is 12.2 Å². The molecule has 0 saturated heterocycles. The zero-order valence-corrected chi connectivity index (χ0v) is 5.53. The van der Waals surface area contributed by atoms with Crippen LogP contribution in [0.15, 0.2) is 12.2 Å². The molecule has 0 aliphatic carbocycles. The molecule has 0 heterocycles. The van der Waals surface area contributed by atoms with Crippen LogP contribution in [0.25, 0.3) is 0 Å². The summed E-state index contributed by atoms with van der Waals surface area (Å²) in [6, 6.07) is 0. The lowest BCUT2D eigenvalue weighted by Crippen LogP contribution is -2.00. The average Bonchev–Trinajstić information content (AvgIpc) is 1.85. The third kappa shape index (κ3) is 9.45. The molecule has 4 nitrogen and oxygen atoms in total. The number of carbonyl (C=O) groups is 2. The maximum atomic E-state index is 10.4. The first-order valence-corrected chi connectivity index (χ1v) is 2.74. The minimum atomic E-state index is -1.16. The Labute approximate surface area is 80.4 Å². The Hall–Kier alpha value is -0.554. The van der Waals surface area contributed by atoms with E-state index in [2.05, 4.69) is 4.74 Å². The Morgan fingerprint density at radius 1 is 1.45 bits per heavy atom. The van der Waals surface area contributed by atoms with Gasteiger partial charge in [0.1, 0.15) is 0 Å². The zero-order chi connectivity index (χ0) is 7.98. The highest BCUT2D eigenvalue weighted by atomic mass is 24.3. The molecule has 0 aromatic heterocycles. The Morgan fingerprint density at radius 2 is 2.00 bits per heavy atom. The predicted octanol–water partition coefficient (Wildman–Crippen LogP) is -0.726. The third-order valence-corrected chi connectivity index (χ3v) is 0.649. The Morgan fingerprint density at radius 3 is 2.36 bits per heavy atom. The summed E-state index contributed by atoms with van der Waals surface area (Å²) in [5.41, 5.74) is 0. The van der Waals surface area contributed by atoms with E-state index >= 15 is 0 Å². The van der Waals surface area contributed by atoms with E-state index in [1.54, 1.807) is 6.92 Å². The molecule has 0 unspecified atom stereocenters. The normalized spacial score (nSPS) is 8.82. The molecular weight excluding hydrogens is 160 g/mol. The van der Waals surface area contributed by atoms with Gasteiger partial charge in [-0.25, -0.2) is 9.59 Å². The molecule has 0 saturated carbocycles. The summed E-state index contributed by atoms with van der Waals surface area (Å²) in [7, 11) is 0. The van der Waals surface area contributed by atoms with Crippen molar-refractivity contribution >= 4 is 35.0 Å². The van der Waals surface area contributed by atoms with Gasteiger partial charge in [0.05, 0.1) is 6.61 Å². The van der Waals surface area contributed by atoms with Gasteiger partial charge in [0, 0.05) is 12.2 Å². The van der Waals surface area contributed by atoms with Gasteiger partial charge in [-0.2, -0.15) is 0 Å². The fourth-order valence-electron chi connectivity index (χ4n) is 0.330. The summed E-state index contributed by atoms with van der Waals surface area (Å²) < 4.78 is 4.40. The quantitative estimate of drug-likeness (QED) is 0.345. The predicted molar refractivity (Wildman–Crippen MR) is 42.0 cm³/mol. The molecule has 60 valence electrons. The Kier molecular flexibility index (Phi) is 8.97. The van der Waals surface area contributed by atoms with Crippen LogP contribution in [0.2, 0.25) is 0 Å². The lowest BCUT2D eigenvalue weighted by molar-refractivity contribution is -0.138. The Balaban J connectivity index is 0. The van der Waals surface area contributed by atoms with E-state index in [4.69, 9.17) is 5.11 Å². The number of carboxylic acids is 1. The first kappa shape index (κ1) is 13.1. The van der Waals surface area contributed by atoms with Gasteiger partial charge < -0.3 is 9.84 Å². The van der Waals surface area contributed by atoms with Crippen molar-refractivity contribution in [3.63, 3.8) is 0 Å². The first-order valence-electron chi connectivity index (χ1n) is 2.74. The van der Waals surface area contributed by atoms with Crippen molar-refractivity contribution < 1.29 is 19.4 Å². The molecule has 0 radical (unpaired) electrons. The van der Waals surface area contributed by atoms with E-state index in [9.17, 15) is 9.59 Å². The number of ether oxygens (including phenoxy) is 1. The van der Waals surface area contributed by atoms with Crippen molar-refractivity contribution in [2.45, 2.75) is 6.92 Å². The molecule has 0 fully saturated rings. The summed E-state index contributed by atoms with van der Waals surface area (Å²) in [4.78, 5) is 20.2. The molecule has 5 heteroatoms. The van der Waals surface area contributed by atoms with Crippen LogP contribution in [-0.4, -0.2) is 46.7 Å². The van der Waals surface area contributed by atoms with E-state index in [0.717, 1.165) is 12.2 Å². The van der Waals surface area contributed by atoms with Gasteiger partial charge in [-0.05, 0) is 6.92 Å². The standard InChI is InChI=1S/C6H8O4.Mg.2H/c1-2-10-6(9)4-3-5(7)8;;;/h3-4H,2H2,1H3,(H,7,8);;;. The van der Waals surface area contributed by atoms with Gasteiger partial charge in [0.2, 0.25) is 0 Å². The van der Waals surface area contributed by atoms with Gasteiger partial charge in [0.25, 0.3) is 0 Å². The molecule has 0 amide bonds. The summed E-state index contributed by atoms with van der Waals surface area (Å²) in [6.45, 7) is 1.90. The summed E-state index contributed by atoms with van der Waals surface area (Å²) in [5, 5.41) is 8.04. The van der Waals surface area contributed by atoms with Crippen molar-refractivity contribution in [1.29, 1.82) is 0 Å². The highest BCUT2D eigenvalue weighted by Crippen LogP contribution is 1.80. The van der Waals surface area contributed by atoms with Gasteiger partial charge in [-0.3, -0.25) is 0 Å². The topological polar surface area (TPSA) is 63.6 Å². The van der Waals surface area contributed by atoms with Gasteiger partial charge in [-0.1, -0.05) is 0 Å². The van der Waals surface area contributed by atoms with Crippen molar-refractivity contribution in [3.8, 4) is 0 Å². The van der Waals surface area contributed by atoms with Crippen LogP contribution in [0, 0.1) is 0 Å². The maximum absolute atomic E-state index is 10.4. The molecule has 0 aliphatic heterocycles. The second-order valence-electron chi connectivity index (χ2n) is 1.42. The summed E-state index contributed by atoms with van der Waals surface area (Å²) in [5.74, 6) is -1.79. The fraction of sp³-hybridized carbons (Fsp3) is 0.333. The third-order valence-electron chi connectivity index (χ3n) is 0.649. The average molecular weight is 170 g/mol. The second-order valence-corrected chi connectivity index (χ2v) is 1.42. The Bertz CT molecular complexity index is 164. The van der Waals surface area contributed by atoms with E-state index in [0.29, 0.717) is 0 Å². The van der Waals surface area contributed by atoms with Gasteiger partial charge >= 0.3 is 35.0 Å². The lowest BCUT2D eigenvalue weighted by Gasteiger charge is -1.92. The van der Waals surface area contributed by atoms with E-state index in [1.165, 1.54) is 0 Å². The van der Waals surface area contributed by atoms with Crippen LogP contribution in [0.5, 0.6) is 0 Å². The molecule has 1 N–H and O–H groups in total. The van der Waals surface area contributed by atoms with E-state index < -0.39 is 11.9 Å². The number of rotatable bonds is 3. The molecule has 11 heavy (non-hydrogen) atoms. The monoisotopic (exact) mass is 170 g/mol. The molecule has 0 rings (SSSR count). The number of hydrogen-bond donors (Lipinski definition) is 1. The lowest BCUT2D eigenvalue weighted by atomic mass is 10.5. The first-order chi connectivity index (χ1) is 4.66. The molecule has 0 aromatic carbocycles. The largest absolute Gasteiger partial charge is 0.478 e. The summed E-state index contributed by atoms with van der Waals surface area (Å²) in [6.07, 6.45) is 1.60. The minimum Gasteiger partial charge on any atom is -0.478 e. The maximum Gasteiger partial charge on any atom is 0.330 e. The van der Waals surface area contributed by atoms with Crippen LogP contribution in [-0.2, 0) is 14.3 Å². The van der Waals surface area contributed by atoms with Gasteiger partial charge in [0.15, 0.2) is 0 Å². The molecular formula is C6H10MgO4.